The van der Waals surface area contributed by atoms with Crippen LogP contribution in [0.1, 0.15) is 19.3 Å². The molecule has 0 radical (unpaired) electrons. The van der Waals surface area contributed by atoms with Gasteiger partial charge in [-0.15, -0.1) is 0 Å². The number of urea groups is 1. The predicted molar refractivity (Wildman–Crippen MR) is 63.0 cm³/mol. The van der Waals surface area contributed by atoms with E-state index in [-0.39, 0.29) is 12.5 Å². The van der Waals surface area contributed by atoms with E-state index in [0.717, 1.165) is 6.42 Å². The first-order valence-corrected chi connectivity index (χ1v) is 5.68. The number of carbonyl (C=O) groups is 2. The van der Waals surface area contributed by atoms with Gasteiger partial charge in [0.05, 0.1) is 5.41 Å². The predicted octanol–water partition coefficient (Wildman–Crippen LogP) is 0.853. The molecule has 1 heterocycles. The highest BCUT2D eigenvalue weighted by Crippen LogP contribution is 2.40. The second-order valence-corrected chi connectivity index (χ2v) is 4.32. The number of nitrogens with one attached hydrogen (secondary N) is 2. The summed E-state index contributed by atoms with van der Waals surface area (Å²) in [5.74, 6) is -0.669. The molecule has 3 N–H and O–H groups in total. The van der Waals surface area contributed by atoms with Gasteiger partial charge >= 0.3 is 12.0 Å². The summed E-state index contributed by atoms with van der Waals surface area (Å²) in [6.45, 7) is 0.126. The second kappa shape index (κ2) is 4.99. The summed E-state index contributed by atoms with van der Waals surface area (Å²) in [6, 6.07) is 1.14. The highest BCUT2D eigenvalue weighted by Gasteiger charge is 2.44. The monoisotopic (exact) mass is 250 g/mol. The fourth-order valence-electron chi connectivity index (χ4n) is 1.83. The number of aromatic nitrogens is 2. The molecular weight excluding hydrogens is 236 g/mol. The number of hydrogen-bond donors (Lipinski definition) is 3. The average molecular weight is 250 g/mol. The lowest BCUT2D eigenvalue weighted by Crippen LogP contribution is -2.48. The molecule has 1 aliphatic rings. The first-order valence-electron chi connectivity index (χ1n) is 5.68. The van der Waals surface area contributed by atoms with Crippen molar-refractivity contribution in [3.8, 4) is 0 Å². The van der Waals surface area contributed by atoms with E-state index in [1.54, 1.807) is 6.07 Å². The van der Waals surface area contributed by atoms with Crippen LogP contribution in [0.25, 0.3) is 0 Å². The van der Waals surface area contributed by atoms with Gasteiger partial charge in [-0.05, 0) is 18.9 Å². The van der Waals surface area contributed by atoms with E-state index in [4.69, 9.17) is 5.11 Å². The smallest absolute Gasteiger partial charge is 0.321 e. The Kier molecular flexibility index (Phi) is 3.40. The summed E-state index contributed by atoms with van der Waals surface area (Å²) in [5, 5.41) is 14.1. The fourth-order valence-corrected chi connectivity index (χ4v) is 1.83. The van der Waals surface area contributed by atoms with Gasteiger partial charge < -0.3 is 10.4 Å². The van der Waals surface area contributed by atoms with E-state index in [9.17, 15) is 9.59 Å². The topological polar surface area (TPSA) is 104 Å². The molecule has 7 heteroatoms. The molecule has 1 aromatic rings. The summed E-state index contributed by atoms with van der Waals surface area (Å²) in [4.78, 5) is 30.3. The van der Waals surface area contributed by atoms with Gasteiger partial charge in [-0.25, -0.2) is 14.8 Å². The molecule has 0 spiro atoms. The van der Waals surface area contributed by atoms with Crippen LogP contribution in [0.4, 0.5) is 10.7 Å². The first-order chi connectivity index (χ1) is 8.62. The minimum absolute atomic E-state index is 0.126. The Bertz CT molecular complexity index is 445. The third kappa shape index (κ3) is 2.55. The molecule has 0 bridgehead atoms. The lowest BCUT2D eigenvalue weighted by atomic mass is 9.69. The molecule has 1 aliphatic carbocycles. The van der Waals surface area contributed by atoms with Gasteiger partial charge in [-0.3, -0.25) is 10.1 Å². The molecule has 1 fully saturated rings. The Hall–Kier alpha value is -2.18. The van der Waals surface area contributed by atoms with Gasteiger partial charge in [0, 0.05) is 18.9 Å². The van der Waals surface area contributed by atoms with E-state index >= 15 is 0 Å². The van der Waals surface area contributed by atoms with Crippen LogP contribution < -0.4 is 10.6 Å². The minimum atomic E-state index is -0.856. The quantitative estimate of drug-likeness (QED) is 0.735. The van der Waals surface area contributed by atoms with Crippen LogP contribution in [0.15, 0.2) is 18.5 Å². The molecule has 1 aromatic heterocycles. The summed E-state index contributed by atoms with van der Waals surface area (Å²) in [6.07, 6.45) is 5.10. The lowest BCUT2D eigenvalue weighted by Gasteiger charge is -2.37. The first kappa shape index (κ1) is 12.3. The Morgan fingerprint density at radius 3 is 2.50 bits per heavy atom. The van der Waals surface area contributed by atoms with Crippen LogP contribution in [0.2, 0.25) is 0 Å². The number of carboxylic acid groups (broad SMARTS) is 1. The second-order valence-electron chi connectivity index (χ2n) is 4.32. The standard InChI is InChI=1S/C11H14N4O3/c16-8(17)11(3-1-4-11)7-14-10(18)15-9-12-5-2-6-13-9/h2,5-6H,1,3-4,7H2,(H,16,17)(H2,12,13,14,15,18). The van der Waals surface area contributed by atoms with Gasteiger partial charge in [0.2, 0.25) is 5.95 Å². The zero-order valence-corrected chi connectivity index (χ0v) is 9.72. The van der Waals surface area contributed by atoms with Gasteiger partial charge in [-0.2, -0.15) is 0 Å². The molecule has 2 amide bonds. The number of aliphatic carboxylic acids is 1. The van der Waals surface area contributed by atoms with E-state index < -0.39 is 17.4 Å². The SMILES string of the molecule is O=C(NCC1(C(=O)O)CCC1)Nc1ncccn1. The highest BCUT2D eigenvalue weighted by molar-refractivity contribution is 5.88. The fraction of sp³-hybridized carbons (Fsp3) is 0.455. The Morgan fingerprint density at radius 1 is 1.33 bits per heavy atom. The van der Waals surface area contributed by atoms with Gasteiger partial charge in [-0.1, -0.05) is 6.42 Å². The van der Waals surface area contributed by atoms with Crippen molar-refractivity contribution in [2.24, 2.45) is 5.41 Å². The molecule has 1 saturated carbocycles. The minimum Gasteiger partial charge on any atom is -0.481 e. The molecule has 0 aliphatic heterocycles. The number of nitrogens with zero attached hydrogens (tertiary/aromatic N) is 2. The molecule has 18 heavy (non-hydrogen) atoms. The molecule has 0 atom stereocenters. The molecule has 7 nitrogen and oxygen atoms in total. The van der Waals surface area contributed by atoms with Gasteiger partial charge in [0.25, 0.3) is 0 Å². The number of amides is 2. The van der Waals surface area contributed by atoms with Crippen molar-refractivity contribution in [2.75, 3.05) is 11.9 Å². The van der Waals surface area contributed by atoms with Crippen molar-refractivity contribution < 1.29 is 14.7 Å². The van der Waals surface area contributed by atoms with Gasteiger partial charge in [0.1, 0.15) is 0 Å². The molecule has 0 saturated heterocycles. The third-order valence-electron chi connectivity index (χ3n) is 3.14. The molecular formula is C11H14N4O3. The Labute approximate surface area is 104 Å². The molecule has 0 aromatic carbocycles. The van der Waals surface area contributed by atoms with Crippen molar-refractivity contribution in [3.63, 3.8) is 0 Å². The zero-order valence-electron chi connectivity index (χ0n) is 9.72. The zero-order chi connectivity index (χ0) is 13.0. The van der Waals surface area contributed by atoms with E-state index in [0.29, 0.717) is 12.8 Å². The van der Waals surface area contributed by atoms with Crippen LogP contribution in [-0.2, 0) is 4.79 Å². The maximum atomic E-state index is 11.5. The number of rotatable bonds is 4. The lowest BCUT2D eigenvalue weighted by molar-refractivity contribution is -0.153. The number of anilines is 1. The highest BCUT2D eigenvalue weighted by atomic mass is 16.4. The molecule has 96 valence electrons. The molecule has 2 rings (SSSR count). The van der Waals surface area contributed by atoms with E-state index in [1.165, 1.54) is 12.4 Å². The number of carbonyl (C=O) groups excluding carboxylic acids is 1. The third-order valence-corrected chi connectivity index (χ3v) is 3.14. The van der Waals surface area contributed by atoms with E-state index in [1.807, 2.05) is 0 Å². The normalized spacial score (nSPS) is 16.4. The van der Waals surface area contributed by atoms with Crippen molar-refractivity contribution >= 4 is 17.9 Å². The maximum Gasteiger partial charge on any atom is 0.321 e. The van der Waals surface area contributed by atoms with Crippen LogP contribution >= 0.6 is 0 Å². The Balaban J connectivity index is 1.83. The summed E-state index contributed by atoms with van der Waals surface area (Å²) in [5.41, 5.74) is -0.797. The van der Waals surface area contributed by atoms with E-state index in [2.05, 4.69) is 20.6 Å². The van der Waals surface area contributed by atoms with Crippen LogP contribution in [0.5, 0.6) is 0 Å². The van der Waals surface area contributed by atoms with Crippen molar-refractivity contribution in [1.82, 2.24) is 15.3 Å². The average Bonchev–Trinajstić information content (AvgIpc) is 2.28. The number of carboxylic acids is 1. The maximum absolute atomic E-state index is 11.5. The van der Waals surface area contributed by atoms with Crippen LogP contribution in [0, 0.1) is 5.41 Å². The van der Waals surface area contributed by atoms with Crippen molar-refractivity contribution in [1.29, 1.82) is 0 Å². The Morgan fingerprint density at radius 2 is 2.00 bits per heavy atom. The number of hydrogen-bond acceptors (Lipinski definition) is 4. The summed E-state index contributed by atoms with van der Waals surface area (Å²) >= 11 is 0. The van der Waals surface area contributed by atoms with Crippen LogP contribution in [-0.4, -0.2) is 33.6 Å². The van der Waals surface area contributed by atoms with Crippen molar-refractivity contribution in [2.45, 2.75) is 19.3 Å². The summed E-state index contributed by atoms with van der Waals surface area (Å²) < 4.78 is 0. The summed E-state index contributed by atoms with van der Waals surface area (Å²) in [7, 11) is 0. The van der Waals surface area contributed by atoms with Crippen LogP contribution in [0.3, 0.4) is 0 Å². The van der Waals surface area contributed by atoms with Gasteiger partial charge in [0.15, 0.2) is 0 Å². The molecule has 0 unspecified atom stereocenters. The largest absolute Gasteiger partial charge is 0.481 e. The van der Waals surface area contributed by atoms with Crippen molar-refractivity contribution in [3.05, 3.63) is 18.5 Å².